The number of rotatable bonds is 2. The van der Waals surface area contributed by atoms with Crippen LogP contribution in [0, 0.1) is 0 Å². The molecule has 96 valence electrons. The maximum atomic E-state index is 5.03. The highest BCUT2D eigenvalue weighted by Gasteiger charge is 2.29. The number of benzene rings is 1. The van der Waals surface area contributed by atoms with Gasteiger partial charge in [-0.15, -0.1) is 0 Å². The number of nitrogens with zero attached hydrogens (tertiary/aromatic N) is 2. The third-order valence-corrected chi connectivity index (χ3v) is 3.94. The largest absolute Gasteiger partial charge is 0.277 e. The van der Waals surface area contributed by atoms with E-state index in [0.717, 1.165) is 24.1 Å². The van der Waals surface area contributed by atoms with Crippen LogP contribution in [0.4, 0.5) is 0 Å². The summed E-state index contributed by atoms with van der Waals surface area (Å²) < 4.78 is 0. The zero-order valence-electron chi connectivity index (χ0n) is 11.4. The van der Waals surface area contributed by atoms with Gasteiger partial charge in [0.05, 0.1) is 11.3 Å². The average Bonchev–Trinajstić information content (AvgIpc) is 2.47. The smallest absolute Gasteiger partial charge is 0.0729 e. The molecule has 1 aliphatic rings. The molecule has 2 heteroatoms. The minimum absolute atomic E-state index is 0.00690. The summed E-state index contributed by atoms with van der Waals surface area (Å²) in [6, 6.07) is 12.7. The van der Waals surface area contributed by atoms with Crippen molar-refractivity contribution in [1.82, 2.24) is 4.98 Å². The van der Waals surface area contributed by atoms with Crippen LogP contribution in [-0.4, -0.2) is 16.2 Å². The molecule has 2 nitrogen and oxygen atoms in total. The molecule has 0 fully saturated rings. The molecule has 1 aromatic heterocycles. The Morgan fingerprint density at radius 2 is 1.84 bits per heavy atom. The monoisotopic (exact) mass is 250 g/mol. The second-order valence-corrected chi connectivity index (χ2v) is 5.38. The second kappa shape index (κ2) is 4.61. The van der Waals surface area contributed by atoms with Crippen LogP contribution < -0.4 is 0 Å². The first kappa shape index (κ1) is 12.1. The van der Waals surface area contributed by atoms with Gasteiger partial charge in [0.15, 0.2) is 0 Å². The lowest BCUT2D eigenvalue weighted by molar-refractivity contribution is 0.448. The zero-order chi connectivity index (χ0) is 13.3. The summed E-state index contributed by atoms with van der Waals surface area (Å²) in [4.78, 5) is 9.13. The van der Waals surface area contributed by atoms with Crippen LogP contribution in [0.25, 0.3) is 0 Å². The third-order valence-electron chi connectivity index (χ3n) is 3.94. The van der Waals surface area contributed by atoms with Gasteiger partial charge < -0.3 is 0 Å². The zero-order valence-corrected chi connectivity index (χ0v) is 11.4. The van der Waals surface area contributed by atoms with E-state index in [-0.39, 0.29) is 5.54 Å². The van der Waals surface area contributed by atoms with E-state index in [2.05, 4.69) is 43.1 Å². The minimum Gasteiger partial charge on any atom is -0.277 e. The molecule has 2 aromatic rings. The molecule has 2 heterocycles. The van der Waals surface area contributed by atoms with Gasteiger partial charge in [0.2, 0.25) is 0 Å². The van der Waals surface area contributed by atoms with Gasteiger partial charge in [0, 0.05) is 23.5 Å². The lowest BCUT2D eigenvalue weighted by atomic mass is 9.82. The van der Waals surface area contributed by atoms with Crippen LogP contribution >= 0.6 is 0 Å². The van der Waals surface area contributed by atoms with Crippen molar-refractivity contribution in [2.45, 2.75) is 32.2 Å². The molecule has 3 rings (SSSR count). The van der Waals surface area contributed by atoms with E-state index < -0.39 is 0 Å². The summed E-state index contributed by atoms with van der Waals surface area (Å²) in [5.41, 5.74) is 4.93. The van der Waals surface area contributed by atoms with E-state index in [1.807, 2.05) is 24.5 Å². The van der Waals surface area contributed by atoms with Gasteiger partial charge in [-0.1, -0.05) is 31.2 Å². The van der Waals surface area contributed by atoms with Crippen molar-refractivity contribution in [1.29, 1.82) is 0 Å². The summed E-state index contributed by atoms with van der Waals surface area (Å²) in [5.74, 6) is 0. The van der Waals surface area contributed by atoms with E-state index in [0.29, 0.717) is 0 Å². The summed E-state index contributed by atoms with van der Waals surface area (Å²) in [7, 11) is 0. The Labute approximate surface area is 114 Å². The van der Waals surface area contributed by atoms with Gasteiger partial charge in [0.1, 0.15) is 0 Å². The Morgan fingerprint density at radius 1 is 1.11 bits per heavy atom. The fourth-order valence-corrected chi connectivity index (χ4v) is 2.62. The van der Waals surface area contributed by atoms with Crippen LogP contribution in [0.5, 0.6) is 0 Å². The third kappa shape index (κ3) is 2.19. The van der Waals surface area contributed by atoms with Gasteiger partial charge in [-0.25, -0.2) is 0 Å². The molecule has 1 atom stereocenters. The summed E-state index contributed by atoms with van der Waals surface area (Å²) >= 11 is 0. The molecule has 1 unspecified atom stereocenters. The normalized spacial score (nSPS) is 21.7. The molecule has 0 radical (unpaired) electrons. The quantitative estimate of drug-likeness (QED) is 0.798. The van der Waals surface area contributed by atoms with Crippen molar-refractivity contribution in [3.63, 3.8) is 0 Å². The second-order valence-electron chi connectivity index (χ2n) is 5.38. The standard InChI is InChI=1S/C17H18N2/c1-3-17(2)12-14-6-4-5-7-15(14)16(19-17)13-8-10-18-11-9-13/h4-11H,3,12H2,1-2H3. The fourth-order valence-electron chi connectivity index (χ4n) is 2.62. The number of aliphatic imine (C=N–C) groups is 1. The van der Waals surface area contributed by atoms with E-state index in [4.69, 9.17) is 4.99 Å². The SMILES string of the molecule is CCC1(C)Cc2ccccc2C(c2ccncc2)=N1. The maximum absolute atomic E-state index is 5.03. The fraction of sp³-hybridized carbons (Fsp3) is 0.294. The Morgan fingerprint density at radius 3 is 2.58 bits per heavy atom. The van der Waals surface area contributed by atoms with Crippen LogP contribution in [0.3, 0.4) is 0 Å². The summed E-state index contributed by atoms with van der Waals surface area (Å²) in [6.07, 6.45) is 5.74. The number of hydrogen-bond acceptors (Lipinski definition) is 2. The highest BCUT2D eigenvalue weighted by Crippen LogP contribution is 2.31. The summed E-state index contributed by atoms with van der Waals surface area (Å²) in [5, 5.41) is 0. The average molecular weight is 250 g/mol. The molecular weight excluding hydrogens is 232 g/mol. The Balaban J connectivity index is 2.19. The van der Waals surface area contributed by atoms with Gasteiger partial charge in [-0.2, -0.15) is 0 Å². The number of hydrogen-bond donors (Lipinski definition) is 0. The van der Waals surface area contributed by atoms with Crippen LogP contribution in [0.15, 0.2) is 53.8 Å². The molecule has 0 saturated carbocycles. The highest BCUT2D eigenvalue weighted by molar-refractivity contribution is 6.14. The van der Waals surface area contributed by atoms with Crippen LogP contribution in [-0.2, 0) is 6.42 Å². The number of fused-ring (bicyclic) bond motifs is 1. The molecule has 0 aliphatic carbocycles. The van der Waals surface area contributed by atoms with Crippen molar-refractivity contribution in [3.05, 3.63) is 65.5 Å². The first-order valence-electron chi connectivity index (χ1n) is 6.80. The Bertz CT molecular complexity index is 616. The molecule has 0 spiro atoms. The van der Waals surface area contributed by atoms with E-state index in [9.17, 15) is 0 Å². The molecule has 1 aromatic carbocycles. The van der Waals surface area contributed by atoms with Gasteiger partial charge in [-0.3, -0.25) is 9.98 Å². The van der Waals surface area contributed by atoms with E-state index in [1.165, 1.54) is 11.1 Å². The lowest BCUT2D eigenvalue weighted by Crippen LogP contribution is -2.31. The van der Waals surface area contributed by atoms with Gasteiger partial charge in [-0.05, 0) is 37.5 Å². The highest BCUT2D eigenvalue weighted by atomic mass is 14.9. The predicted molar refractivity (Wildman–Crippen MR) is 78.7 cm³/mol. The van der Waals surface area contributed by atoms with Crippen molar-refractivity contribution < 1.29 is 0 Å². The summed E-state index contributed by atoms with van der Waals surface area (Å²) in [6.45, 7) is 4.45. The topological polar surface area (TPSA) is 25.2 Å². The molecule has 0 N–H and O–H groups in total. The minimum atomic E-state index is 0.00690. The van der Waals surface area contributed by atoms with Crippen molar-refractivity contribution in [2.24, 2.45) is 4.99 Å². The Hall–Kier alpha value is -1.96. The molecular formula is C17H18N2. The van der Waals surface area contributed by atoms with E-state index >= 15 is 0 Å². The van der Waals surface area contributed by atoms with E-state index in [1.54, 1.807) is 0 Å². The molecule has 1 aliphatic heterocycles. The number of aromatic nitrogens is 1. The first-order valence-corrected chi connectivity index (χ1v) is 6.80. The molecule has 19 heavy (non-hydrogen) atoms. The number of pyridine rings is 1. The van der Waals surface area contributed by atoms with Crippen molar-refractivity contribution >= 4 is 5.71 Å². The van der Waals surface area contributed by atoms with Crippen LogP contribution in [0.2, 0.25) is 0 Å². The van der Waals surface area contributed by atoms with Gasteiger partial charge >= 0.3 is 0 Å². The maximum Gasteiger partial charge on any atom is 0.0729 e. The predicted octanol–water partition coefficient (Wildman–Crippen LogP) is 3.64. The van der Waals surface area contributed by atoms with Crippen molar-refractivity contribution in [2.75, 3.05) is 0 Å². The molecule has 0 bridgehead atoms. The van der Waals surface area contributed by atoms with Crippen molar-refractivity contribution in [3.8, 4) is 0 Å². The first-order chi connectivity index (χ1) is 9.22. The molecule has 0 amide bonds. The lowest BCUT2D eigenvalue weighted by Gasteiger charge is -2.31. The van der Waals surface area contributed by atoms with Gasteiger partial charge in [0.25, 0.3) is 0 Å². The molecule has 0 saturated heterocycles. The van der Waals surface area contributed by atoms with Crippen LogP contribution in [0.1, 0.15) is 37.0 Å². The Kier molecular flexibility index (Phi) is 2.94.